The lowest BCUT2D eigenvalue weighted by Gasteiger charge is -2.24. The largest absolute Gasteiger partial charge is 0.495 e. The van der Waals surface area contributed by atoms with E-state index in [-0.39, 0.29) is 5.84 Å². The van der Waals surface area contributed by atoms with Crippen LogP contribution in [0.5, 0.6) is 5.75 Å². The van der Waals surface area contributed by atoms with Gasteiger partial charge < -0.3 is 20.6 Å². The number of hydrogen-bond acceptors (Lipinski definition) is 4. The lowest BCUT2D eigenvalue weighted by molar-refractivity contribution is 0.318. The van der Waals surface area contributed by atoms with Crippen LogP contribution < -0.4 is 15.4 Å². The number of anilines is 2. The predicted molar refractivity (Wildman–Crippen MR) is 85.0 cm³/mol. The number of rotatable bonds is 4. The van der Waals surface area contributed by atoms with Crippen molar-refractivity contribution in [1.82, 2.24) is 0 Å². The highest BCUT2D eigenvalue weighted by Gasteiger charge is 2.15. The summed E-state index contributed by atoms with van der Waals surface area (Å²) in [4.78, 5) is 1.87. The zero-order valence-corrected chi connectivity index (χ0v) is 12.5. The minimum atomic E-state index is 0.0171. The molecule has 6 heteroatoms. The fourth-order valence-corrected chi connectivity index (χ4v) is 2.26. The molecule has 110 valence electrons. The van der Waals surface area contributed by atoms with Gasteiger partial charge in [-0.15, -0.1) is 0 Å². The summed E-state index contributed by atoms with van der Waals surface area (Å²) in [6, 6.07) is 12.7. The molecule has 0 atom stereocenters. The van der Waals surface area contributed by atoms with Gasteiger partial charge in [-0.2, -0.15) is 0 Å². The molecule has 0 radical (unpaired) electrons. The van der Waals surface area contributed by atoms with Crippen LogP contribution in [0, 0.1) is 0 Å². The van der Waals surface area contributed by atoms with Crippen LogP contribution in [0.15, 0.2) is 47.6 Å². The van der Waals surface area contributed by atoms with Crippen LogP contribution in [0.3, 0.4) is 0 Å². The quantitative estimate of drug-likeness (QED) is 0.394. The Labute approximate surface area is 128 Å². The summed E-state index contributed by atoms with van der Waals surface area (Å²) < 4.78 is 5.36. The standard InChI is InChI=1S/C15H16ClN3O2/c1-19(12-5-3-4-6-14(12)21-2)13-9-10(16)7-8-11(13)15(17)18-20/h3-9,20H,1-2H3,(H2,17,18). The second kappa shape index (κ2) is 6.37. The minimum absolute atomic E-state index is 0.0171. The van der Waals surface area contributed by atoms with Crippen molar-refractivity contribution in [3.63, 3.8) is 0 Å². The normalized spacial score (nSPS) is 11.3. The third-order valence-electron chi connectivity index (χ3n) is 3.15. The fraction of sp³-hybridized carbons (Fsp3) is 0.133. The van der Waals surface area contributed by atoms with Crippen LogP contribution >= 0.6 is 11.6 Å². The molecule has 2 aromatic carbocycles. The van der Waals surface area contributed by atoms with Crippen molar-refractivity contribution in [3.8, 4) is 5.75 Å². The zero-order chi connectivity index (χ0) is 15.4. The van der Waals surface area contributed by atoms with E-state index in [1.165, 1.54) is 0 Å². The van der Waals surface area contributed by atoms with Crippen LogP contribution in [0.2, 0.25) is 5.02 Å². The Bertz CT molecular complexity index is 674. The molecule has 0 aliphatic rings. The van der Waals surface area contributed by atoms with Crippen molar-refractivity contribution < 1.29 is 9.94 Å². The second-order valence-electron chi connectivity index (χ2n) is 4.38. The molecule has 0 fully saturated rings. The number of hydrogen-bond donors (Lipinski definition) is 2. The van der Waals surface area contributed by atoms with E-state index in [1.807, 2.05) is 36.2 Å². The van der Waals surface area contributed by atoms with Crippen molar-refractivity contribution in [1.29, 1.82) is 0 Å². The second-order valence-corrected chi connectivity index (χ2v) is 4.81. The first-order valence-corrected chi connectivity index (χ1v) is 6.60. The number of oxime groups is 1. The molecule has 0 spiro atoms. The van der Waals surface area contributed by atoms with Crippen LogP contribution in [0.25, 0.3) is 0 Å². The SMILES string of the molecule is COc1ccccc1N(C)c1cc(Cl)ccc1C(N)=NO. The van der Waals surface area contributed by atoms with Gasteiger partial charge in [0.2, 0.25) is 0 Å². The van der Waals surface area contributed by atoms with E-state index in [9.17, 15) is 0 Å². The van der Waals surface area contributed by atoms with Gasteiger partial charge in [-0.05, 0) is 30.3 Å². The predicted octanol–water partition coefficient (Wildman–Crippen LogP) is 3.21. The van der Waals surface area contributed by atoms with E-state index in [1.54, 1.807) is 25.3 Å². The number of amidine groups is 1. The van der Waals surface area contributed by atoms with Crippen LogP contribution in [0.4, 0.5) is 11.4 Å². The Hall–Kier alpha value is -2.40. The first-order chi connectivity index (χ1) is 10.1. The minimum Gasteiger partial charge on any atom is -0.495 e. The number of methoxy groups -OCH3 is 1. The summed E-state index contributed by atoms with van der Waals surface area (Å²) in [6.07, 6.45) is 0. The van der Waals surface area contributed by atoms with Gasteiger partial charge in [0.05, 0.1) is 18.5 Å². The molecule has 0 saturated heterocycles. The zero-order valence-electron chi connectivity index (χ0n) is 11.7. The number of halogens is 1. The lowest BCUT2D eigenvalue weighted by atomic mass is 10.1. The van der Waals surface area contributed by atoms with Gasteiger partial charge >= 0.3 is 0 Å². The molecule has 0 amide bonds. The third kappa shape index (κ3) is 3.03. The molecule has 0 aliphatic carbocycles. The molecule has 0 saturated carbocycles. The van der Waals surface area contributed by atoms with Gasteiger partial charge in [0.1, 0.15) is 5.75 Å². The number of para-hydroxylation sites is 2. The first kappa shape index (κ1) is 15.0. The highest BCUT2D eigenvalue weighted by atomic mass is 35.5. The smallest absolute Gasteiger partial charge is 0.172 e. The van der Waals surface area contributed by atoms with Gasteiger partial charge in [-0.1, -0.05) is 28.9 Å². The molecule has 0 bridgehead atoms. The van der Waals surface area contributed by atoms with E-state index < -0.39 is 0 Å². The Morgan fingerprint density at radius 1 is 1.24 bits per heavy atom. The number of ether oxygens (including phenoxy) is 1. The van der Waals surface area contributed by atoms with Crippen molar-refractivity contribution in [2.75, 3.05) is 19.1 Å². The molecule has 0 unspecified atom stereocenters. The summed E-state index contributed by atoms with van der Waals surface area (Å²) in [7, 11) is 3.47. The maximum Gasteiger partial charge on any atom is 0.172 e. The molecular weight excluding hydrogens is 290 g/mol. The van der Waals surface area contributed by atoms with Crippen molar-refractivity contribution in [3.05, 3.63) is 53.1 Å². The summed E-state index contributed by atoms with van der Waals surface area (Å²) in [5.74, 6) is 0.730. The summed E-state index contributed by atoms with van der Waals surface area (Å²) in [5.41, 5.74) is 7.86. The monoisotopic (exact) mass is 305 g/mol. The average Bonchev–Trinajstić information content (AvgIpc) is 2.53. The summed E-state index contributed by atoms with van der Waals surface area (Å²) in [6.45, 7) is 0. The van der Waals surface area contributed by atoms with Gasteiger partial charge in [-0.3, -0.25) is 0 Å². The van der Waals surface area contributed by atoms with Gasteiger partial charge in [0.25, 0.3) is 0 Å². The molecule has 2 aromatic rings. The van der Waals surface area contributed by atoms with Crippen molar-refractivity contribution in [2.24, 2.45) is 10.9 Å². The summed E-state index contributed by atoms with van der Waals surface area (Å²) >= 11 is 6.07. The molecule has 0 aromatic heterocycles. The van der Waals surface area contributed by atoms with Crippen LogP contribution in [-0.2, 0) is 0 Å². The number of nitrogens with zero attached hydrogens (tertiary/aromatic N) is 2. The highest BCUT2D eigenvalue weighted by molar-refractivity contribution is 6.31. The van der Waals surface area contributed by atoms with E-state index in [4.69, 9.17) is 27.3 Å². The molecule has 21 heavy (non-hydrogen) atoms. The molecule has 0 heterocycles. The maximum atomic E-state index is 8.92. The molecule has 3 N–H and O–H groups in total. The molecular formula is C15H16ClN3O2. The average molecular weight is 306 g/mol. The Morgan fingerprint density at radius 3 is 2.62 bits per heavy atom. The van der Waals surface area contributed by atoms with E-state index in [0.29, 0.717) is 22.0 Å². The summed E-state index contributed by atoms with van der Waals surface area (Å²) in [5, 5.41) is 12.5. The fourth-order valence-electron chi connectivity index (χ4n) is 2.09. The molecule has 0 aliphatic heterocycles. The highest BCUT2D eigenvalue weighted by Crippen LogP contribution is 2.35. The van der Waals surface area contributed by atoms with Gasteiger partial charge in [0.15, 0.2) is 5.84 Å². The van der Waals surface area contributed by atoms with Gasteiger partial charge in [0, 0.05) is 17.6 Å². The Balaban J connectivity index is 2.57. The van der Waals surface area contributed by atoms with Crippen LogP contribution in [-0.4, -0.2) is 25.2 Å². The number of benzene rings is 2. The Kier molecular flexibility index (Phi) is 4.55. The maximum absolute atomic E-state index is 8.92. The Morgan fingerprint density at radius 2 is 1.95 bits per heavy atom. The van der Waals surface area contributed by atoms with E-state index in [2.05, 4.69) is 5.16 Å². The first-order valence-electron chi connectivity index (χ1n) is 6.22. The van der Waals surface area contributed by atoms with E-state index in [0.717, 1.165) is 5.69 Å². The van der Waals surface area contributed by atoms with E-state index >= 15 is 0 Å². The third-order valence-corrected chi connectivity index (χ3v) is 3.39. The topological polar surface area (TPSA) is 71.1 Å². The van der Waals surface area contributed by atoms with Crippen LogP contribution in [0.1, 0.15) is 5.56 Å². The van der Waals surface area contributed by atoms with Crippen molar-refractivity contribution in [2.45, 2.75) is 0 Å². The van der Waals surface area contributed by atoms with Crippen molar-refractivity contribution >= 4 is 28.8 Å². The lowest BCUT2D eigenvalue weighted by Crippen LogP contribution is -2.19. The number of nitrogens with two attached hydrogens (primary N) is 1. The molecule has 5 nitrogen and oxygen atoms in total. The van der Waals surface area contributed by atoms with Gasteiger partial charge in [-0.25, -0.2) is 0 Å². The molecule has 2 rings (SSSR count).